The Labute approximate surface area is 186 Å². The molecule has 1 aromatic rings. The number of guanidine groups is 1. The highest BCUT2D eigenvalue weighted by Crippen LogP contribution is 2.21. The standard InChI is InChI=1S/C17H26F3N5O2S.HI/c1-21-16(22-8-7-17(18,19)20)23-13-14-5-3-4-6-15(14)28(26,27)25-11-9-24(2)10-12-25;/h3-6H,7-13H2,1-2H3,(H2,21,22,23);1H. The molecule has 1 fully saturated rings. The second-order valence-corrected chi connectivity index (χ2v) is 8.44. The first kappa shape index (κ1) is 25.9. The van der Waals surface area contributed by atoms with E-state index in [1.165, 1.54) is 11.4 Å². The van der Waals surface area contributed by atoms with E-state index in [4.69, 9.17) is 0 Å². The molecular formula is C17H27F3IN5O2S. The predicted octanol–water partition coefficient (Wildman–Crippen LogP) is 1.86. The third kappa shape index (κ3) is 7.90. The fourth-order valence-corrected chi connectivity index (χ4v) is 4.44. The van der Waals surface area contributed by atoms with Gasteiger partial charge in [-0.25, -0.2) is 8.42 Å². The number of hydrogen-bond donors (Lipinski definition) is 2. The van der Waals surface area contributed by atoms with E-state index in [-0.39, 0.29) is 47.9 Å². The Morgan fingerprint density at radius 1 is 1.14 bits per heavy atom. The van der Waals surface area contributed by atoms with Crippen molar-refractivity contribution >= 4 is 40.0 Å². The molecule has 1 saturated heterocycles. The third-order valence-corrected chi connectivity index (χ3v) is 6.42. The molecule has 2 rings (SSSR count). The fourth-order valence-electron chi connectivity index (χ4n) is 2.79. The molecule has 2 N–H and O–H groups in total. The summed E-state index contributed by atoms with van der Waals surface area (Å²) in [5.41, 5.74) is 0.528. The van der Waals surface area contributed by atoms with Crippen molar-refractivity contribution in [1.29, 1.82) is 0 Å². The Morgan fingerprint density at radius 3 is 2.34 bits per heavy atom. The van der Waals surface area contributed by atoms with Gasteiger partial charge >= 0.3 is 6.18 Å². The highest BCUT2D eigenvalue weighted by molar-refractivity contribution is 14.0. The number of nitrogens with one attached hydrogen (secondary N) is 2. The maximum Gasteiger partial charge on any atom is 0.390 e. The summed E-state index contributed by atoms with van der Waals surface area (Å²) in [6.45, 7) is 1.96. The lowest BCUT2D eigenvalue weighted by molar-refractivity contribution is -0.132. The minimum Gasteiger partial charge on any atom is -0.356 e. The van der Waals surface area contributed by atoms with Gasteiger partial charge in [0.15, 0.2) is 5.96 Å². The lowest BCUT2D eigenvalue weighted by Crippen LogP contribution is -2.47. The van der Waals surface area contributed by atoms with Crippen LogP contribution in [0.25, 0.3) is 0 Å². The average Bonchev–Trinajstić information content (AvgIpc) is 2.64. The number of rotatable bonds is 6. The van der Waals surface area contributed by atoms with Crippen LogP contribution in [0, 0.1) is 0 Å². The van der Waals surface area contributed by atoms with Crippen molar-refractivity contribution in [2.24, 2.45) is 4.99 Å². The number of alkyl halides is 3. The maximum atomic E-state index is 13.0. The topological polar surface area (TPSA) is 77.0 Å². The van der Waals surface area contributed by atoms with E-state index in [0.29, 0.717) is 31.7 Å². The van der Waals surface area contributed by atoms with Crippen molar-refractivity contribution in [3.63, 3.8) is 0 Å². The van der Waals surface area contributed by atoms with E-state index in [1.54, 1.807) is 24.3 Å². The van der Waals surface area contributed by atoms with Gasteiger partial charge in [-0.1, -0.05) is 18.2 Å². The summed E-state index contributed by atoms with van der Waals surface area (Å²) in [6, 6.07) is 6.60. The summed E-state index contributed by atoms with van der Waals surface area (Å²) in [7, 11) is -0.265. The Balaban J connectivity index is 0.00000420. The van der Waals surface area contributed by atoms with Crippen LogP contribution in [0.15, 0.2) is 34.2 Å². The molecule has 0 bridgehead atoms. The molecule has 0 radical (unpaired) electrons. The summed E-state index contributed by atoms with van der Waals surface area (Å²) in [5.74, 6) is 0.177. The van der Waals surface area contributed by atoms with Gasteiger partial charge in [-0.15, -0.1) is 24.0 Å². The van der Waals surface area contributed by atoms with Gasteiger partial charge in [0.05, 0.1) is 11.3 Å². The summed E-state index contributed by atoms with van der Waals surface area (Å²) in [6.07, 6.45) is -5.24. The molecule has 0 spiro atoms. The maximum absolute atomic E-state index is 13.0. The minimum atomic E-state index is -4.25. The van der Waals surface area contributed by atoms with Crippen molar-refractivity contribution in [3.8, 4) is 0 Å². The SMILES string of the molecule is CN=C(NCCC(F)(F)F)NCc1ccccc1S(=O)(=O)N1CCN(C)CC1.I. The molecule has 0 aromatic heterocycles. The predicted molar refractivity (Wildman–Crippen MR) is 117 cm³/mol. The molecule has 0 saturated carbocycles. The van der Waals surface area contributed by atoms with Crippen molar-refractivity contribution in [3.05, 3.63) is 29.8 Å². The number of piperazine rings is 1. The van der Waals surface area contributed by atoms with Crippen molar-refractivity contribution < 1.29 is 21.6 Å². The molecule has 166 valence electrons. The van der Waals surface area contributed by atoms with E-state index in [2.05, 4.69) is 20.5 Å². The molecule has 12 heteroatoms. The van der Waals surface area contributed by atoms with Crippen molar-refractivity contribution in [2.75, 3.05) is 46.8 Å². The first-order chi connectivity index (χ1) is 13.1. The molecule has 1 aromatic carbocycles. The second-order valence-electron chi connectivity index (χ2n) is 6.53. The van der Waals surface area contributed by atoms with E-state index < -0.39 is 22.6 Å². The lowest BCUT2D eigenvalue weighted by atomic mass is 10.2. The third-order valence-electron chi connectivity index (χ3n) is 4.42. The molecule has 7 nitrogen and oxygen atoms in total. The van der Waals surface area contributed by atoms with E-state index in [1.807, 2.05) is 7.05 Å². The van der Waals surface area contributed by atoms with Crippen LogP contribution < -0.4 is 10.6 Å². The van der Waals surface area contributed by atoms with Crippen LogP contribution in [0.5, 0.6) is 0 Å². The average molecular weight is 549 g/mol. The Kier molecular flexibility index (Phi) is 10.1. The zero-order chi connectivity index (χ0) is 20.8. The molecule has 1 aliphatic heterocycles. The molecular weight excluding hydrogens is 522 g/mol. The van der Waals surface area contributed by atoms with Gasteiger partial charge in [-0.3, -0.25) is 4.99 Å². The van der Waals surface area contributed by atoms with Crippen molar-refractivity contribution in [2.45, 2.75) is 24.0 Å². The highest BCUT2D eigenvalue weighted by atomic mass is 127. The van der Waals surface area contributed by atoms with Gasteiger partial charge in [-0.05, 0) is 18.7 Å². The monoisotopic (exact) mass is 549 g/mol. The number of sulfonamides is 1. The van der Waals surface area contributed by atoms with Gasteiger partial charge in [-0.2, -0.15) is 17.5 Å². The Morgan fingerprint density at radius 2 is 1.76 bits per heavy atom. The van der Waals surface area contributed by atoms with Crippen LogP contribution in [-0.4, -0.2) is 76.6 Å². The molecule has 0 atom stereocenters. The molecule has 1 heterocycles. The van der Waals surface area contributed by atoms with Gasteiger partial charge in [0.25, 0.3) is 0 Å². The van der Waals surface area contributed by atoms with Gasteiger partial charge in [0.1, 0.15) is 0 Å². The molecule has 0 unspecified atom stereocenters. The lowest BCUT2D eigenvalue weighted by Gasteiger charge is -2.32. The Hall–Kier alpha value is -1.12. The first-order valence-electron chi connectivity index (χ1n) is 8.91. The van der Waals surface area contributed by atoms with Crippen LogP contribution in [0.3, 0.4) is 0 Å². The summed E-state index contributed by atoms with van der Waals surface area (Å²) >= 11 is 0. The van der Waals surface area contributed by atoms with Gasteiger partial charge < -0.3 is 15.5 Å². The smallest absolute Gasteiger partial charge is 0.356 e. The van der Waals surface area contributed by atoms with E-state index >= 15 is 0 Å². The zero-order valence-corrected chi connectivity index (χ0v) is 19.5. The van der Waals surface area contributed by atoms with Crippen LogP contribution in [0.4, 0.5) is 13.2 Å². The number of hydrogen-bond acceptors (Lipinski definition) is 4. The number of halogens is 4. The number of aliphatic imine (C=N–C) groups is 1. The number of likely N-dealkylation sites (N-methyl/N-ethyl adjacent to an activating group) is 1. The van der Waals surface area contributed by atoms with E-state index in [0.717, 1.165) is 0 Å². The highest BCUT2D eigenvalue weighted by Gasteiger charge is 2.29. The number of nitrogens with zero attached hydrogens (tertiary/aromatic N) is 3. The normalized spacial score (nSPS) is 16.9. The molecule has 0 amide bonds. The summed E-state index contributed by atoms with van der Waals surface area (Å²) < 4.78 is 64.3. The van der Waals surface area contributed by atoms with E-state index in [9.17, 15) is 21.6 Å². The second kappa shape index (κ2) is 11.3. The van der Waals surface area contributed by atoms with Crippen LogP contribution in [0.2, 0.25) is 0 Å². The van der Waals surface area contributed by atoms with Gasteiger partial charge in [0, 0.05) is 46.3 Å². The largest absolute Gasteiger partial charge is 0.390 e. The van der Waals surface area contributed by atoms with Gasteiger partial charge in [0.2, 0.25) is 10.0 Å². The van der Waals surface area contributed by atoms with Crippen LogP contribution >= 0.6 is 24.0 Å². The summed E-state index contributed by atoms with van der Waals surface area (Å²) in [5, 5.41) is 5.45. The zero-order valence-electron chi connectivity index (χ0n) is 16.4. The quantitative estimate of drug-likeness (QED) is 0.322. The fraction of sp³-hybridized carbons (Fsp3) is 0.588. The van der Waals surface area contributed by atoms with Crippen molar-refractivity contribution in [1.82, 2.24) is 19.8 Å². The molecule has 29 heavy (non-hydrogen) atoms. The summed E-state index contributed by atoms with van der Waals surface area (Å²) in [4.78, 5) is 6.13. The molecule has 1 aliphatic rings. The number of benzene rings is 1. The Bertz CT molecular complexity index is 782. The molecule has 0 aliphatic carbocycles. The van der Waals surface area contributed by atoms with Crippen LogP contribution in [-0.2, 0) is 16.6 Å². The first-order valence-corrected chi connectivity index (χ1v) is 10.4. The van der Waals surface area contributed by atoms with Crippen LogP contribution in [0.1, 0.15) is 12.0 Å². The minimum absolute atomic E-state index is 0.